The molecule has 1 atom stereocenters. The Morgan fingerprint density at radius 1 is 1.06 bits per heavy atom. The van der Waals surface area contributed by atoms with Gasteiger partial charge in [0.05, 0.1) is 0 Å². The summed E-state index contributed by atoms with van der Waals surface area (Å²) in [4.78, 5) is 0. The molecule has 0 amide bonds. The van der Waals surface area contributed by atoms with Crippen LogP contribution in [0.3, 0.4) is 0 Å². The molecule has 1 heteroatoms. The number of unbranched alkanes of at least 4 members (excludes halogenated alkanes) is 2. The van der Waals surface area contributed by atoms with Crippen molar-refractivity contribution >= 4 is 0 Å². The van der Waals surface area contributed by atoms with E-state index < -0.39 is 0 Å². The minimum atomic E-state index is 0.651. The van der Waals surface area contributed by atoms with Gasteiger partial charge in [0.15, 0.2) is 0 Å². The van der Waals surface area contributed by atoms with E-state index in [9.17, 15) is 0 Å². The third-order valence-electron chi connectivity index (χ3n) is 3.57. The van der Waals surface area contributed by atoms with Gasteiger partial charge in [-0.2, -0.15) is 0 Å². The summed E-state index contributed by atoms with van der Waals surface area (Å²) < 4.78 is 0. The van der Waals surface area contributed by atoms with Crippen LogP contribution in [0.1, 0.15) is 57.1 Å². The Hall–Kier alpha value is -0.820. The molecule has 1 aromatic rings. The molecule has 0 saturated carbocycles. The number of aryl methyl sites for hydroxylation is 1. The van der Waals surface area contributed by atoms with Gasteiger partial charge in [-0.3, -0.25) is 0 Å². The van der Waals surface area contributed by atoms with Gasteiger partial charge in [0.2, 0.25) is 0 Å². The first-order chi connectivity index (χ1) is 8.77. The molecule has 1 N–H and O–H groups in total. The van der Waals surface area contributed by atoms with Crippen molar-refractivity contribution in [3.8, 4) is 0 Å². The first kappa shape index (κ1) is 15.2. The third kappa shape index (κ3) is 5.68. The molecule has 1 rings (SSSR count). The molecule has 0 fully saturated rings. The van der Waals surface area contributed by atoms with E-state index in [0.717, 1.165) is 6.54 Å². The first-order valence-electron chi connectivity index (χ1n) is 7.55. The van der Waals surface area contributed by atoms with Gasteiger partial charge in [-0.15, -0.1) is 0 Å². The Balaban J connectivity index is 2.51. The highest BCUT2D eigenvalue weighted by Crippen LogP contribution is 2.13. The summed E-state index contributed by atoms with van der Waals surface area (Å²) in [5, 5.41) is 3.70. The van der Waals surface area contributed by atoms with Crippen LogP contribution in [0, 0.1) is 6.92 Å². The lowest BCUT2D eigenvalue weighted by Gasteiger charge is -2.19. The summed E-state index contributed by atoms with van der Waals surface area (Å²) in [5.41, 5.74) is 2.93. The van der Waals surface area contributed by atoms with Gasteiger partial charge in [0, 0.05) is 6.04 Å². The Kier molecular flexibility index (Phi) is 7.75. The second-order valence-corrected chi connectivity index (χ2v) is 5.28. The van der Waals surface area contributed by atoms with Gasteiger partial charge < -0.3 is 5.32 Å². The number of hydrogen-bond donors (Lipinski definition) is 1. The van der Waals surface area contributed by atoms with Crippen LogP contribution in [0.15, 0.2) is 24.3 Å². The zero-order chi connectivity index (χ0) is 13.2. The van der Waals surface area contributed by atoms with Crippen molar-refractivity contribution < 1.29 is 0 Å². The van der Waals surface area contributed by atoms with Crippen LogP contribution >= 0.6 is 0 Å². The van der Waals surface area contributed by atoms with Crippen LogP contribution in [0.4, 0.5) is 0 Å². The van der Waals surface area contributed by atoms with Crippen molar-refractivity contribution in [2.24, 2.45) is 0 Å². The van der Waals surface area contributed by atoms with Crippen molar-refractivity contribution in [1.82, 2.24) is 5.32 Å². The van der Waals surface area contributed by atoms with E-state index in [1.54, 1.807) is 0 Å². The molecule has 0 bridgehead atoms. The van der Waals surface area contributed by atoms with E-state index in [4.69, 9.17) is 0 Å². The maximum Gasteiger partial charge on any atom is 0.0108 e. The van der Waals surface area contributed by atoms with Gasteiger partial charge in [0.1, 0.15) is 0 Å². The maximum atomic E-state index is 3.70. The minimum Gasteiger partial charge on any atom is -0.314 e. The van der Waals surface area contributed by atoms with Crippen molar-refractivity contribution in [3.63, 3.8) is 0 Å². The average Bonchev–Trinajstić information content (AvgIpc) is 2.38. The van der Waals surface area contributed by atoms with Gasteiger partial charge in [-0.25, -0.2) is 0 Å². The molecule has 102 valence electrons. The number of benzene rings is 1. The lowest BCUT2D eigenvalue weighted by molar-refractivity contribution is 0.456. The smallest absolute Gasteiger partial charge is 0.0108 e. The van der Waals surface area contributed by atoms with E-state index in [-0.39, 0.29) is 0 Å². The van der Waals surface area contributed by atoms with Crippen LogP contribution in [-0.2, 0) is 6.42 Å². The zero-order valence-corrected chi connectivity index (χ0v) is 12.3. The zero-order valence-electron chi connectivity index (χ0n) is 12.3. The highest BCUT2D eigenvalue weighted by atomic mass is 14.9. The molecule has 0 saturated heterocycles. The van der Waals surface area contributed by atoms with Gasteiger partial charge in [-0.1, -0.05) is 57.4 Å². The summed E-state index contributed by atoms with van der Waals surface area (Å²) in [6.07, 6.45) is 7.73. The molecule has 0 aromatic heterocycles. The maximum absolute atomic E-state index is 3.70. The molecule has 0 radical (unpaired) electrons. The van der Waals surface area contributed by atoms with Crippen molar-refractivity contribution in [2.45, 2.75) is 65.3 Å². The normalized spacial score (nSPS) is 12.6. The summed E-state index contributed by atoms with van der Waals surface area (Å²) in [6, 6.07) is 9.43. The van der Waals surface area contributed by atoms with Crippen LogP contribution in [0.25, 0.3) is 0 Å². The minimum absolute atomic E-state index is 0.651. The molecule has 0 aliphatic rings. The van der Waals surface area contributed by atoms with E-state index in [2.05, 4.69) is 50.4 Å². The lowest BCUT2D eigenvalue weighted by Crippen LogP contribution is -2.32. The fraction of sp³-hybridized carbons (Fsp3) is 0.647. The summed E-state index contributed by atoms with van der Waals surface area (Å²) in [6.45, 7) is 7.88. The SMILES string of the molecule is CCCCCC(Cc1ccccc1C)NCCC. The largest absolute Gasteiger partial charge is 0.314 e. The standard InChI is InChI=1S/C17H29N/c1-4-6-7-12-17(18-13-5-2)14-16-11-9-8-10-15(16)3/h8-11,17-18H,4-7,12-14H2,1-3H3. The van der Waals surface area contributed by atoms with E-state index >= 15 is 0 Å². The van der Waals surface area contributed by atoms with Crippen molar-refractivity contribution in [1.29, 1.82) is 0 Å². The van der Waals surface area contributed by atoms with Crippen molar-refractivity contribution in [2.75, 3.05) is 6.54 Å². The summed E-state index contributed by atoms with van der Waals surface area (Å²) in [7, 11) is 0. The topological polar surface area (TPSA) is 12.0 Å². The van der Waals surface area contributed by atoms with Gasteiger partial charge >= 0.3 is 0 Å². The number of nitrogens with one attached hydrogen (secondary N) is 1. The molecule has 1 aromatic carbocycles. The van der Waals surface area contributed by atoms with Crippen LogP contribution in [0.2, 0.25) is 0 Å². The third-order valence-corrected chi connectivity index (χ3v) is 3.57. The van der Waals surface area contributed by atoms with Crippen LogP contribution in [0.5, 0.6) is 0 Å². The molecular weight excluding hydrogens is 218 g/mol. The molecule has 0 spiro atoms. The Morgan fingerprint density at radius 2 is 1.83 bits per heavy atom. The fourth-order valence-corrected chi connectivity index (χ4v) is 2.37. The Labute approximate surface area is 113 Å². The second-order valence-electron chi connectivity index (χ2n) is 5.28. The molecular formula is C17H29N. The summed E-state index contributed by atoms with van der Waals surface area (Å²) >= 11 is 0. The van der Waals surface area contributed by atoms with Gasteiger partial charge in [0.25, 0.3) is 0 Å². The molecule has 0 aliphatic heterocycles. The summed E-state index contributed by atoms with van der Waals surface area (Å²) in [5.74, 6) is 0. The van der Waals surface area contributed by atoms with E-state index in [0.29, 0.717) is 6.04 Å². The predicted octanol–water partition coefficient (Wildman–Crippen LogP) is 4.49. The second kappa shape index (κ2) is 9.16. The van der Waals surface area contributed by atoms with Crippen LogP contribution < -0.4 is 5.32 Å². The molecule has 18 heavy (non-hydrogen) atoms. The molecule has 0 heterocycles. The molecule has 1 nitrogen and oxygen atoms in total. The quantitative estimate of drug-likeness (QED) is 0.634. The Morgan fingerprint density at radius 3 is 2.50 bits per heavy atom. The average molecular weight is 247 g/mol. The highest BCUT2D eigenvalue weighted by Gasteiger charge is 2.09. The van der Waals surface area contributed by atoms with Crippen molar-refractivity contribution in [3.05, 3.63) is 35.4 Å². The monoisotopic (exact) mass is 247 g/mol. The van der Waals surface area contributed by atoms with E-state index in [1.165, 1.54) is 49.7 Å². The van der Waals surface area contributed by atoms with E-state index in [1.807, 2.05) is 0 Å². The lowest BCUT2D eigenvalue weighted by atomic mass is 9.97. The molecule has 1 unspecified atom stereocenters. The number of hydrogen-bond acceptors (Lipinski definition) is 1. The van der Waals surface area contributed by atoms with Crippen LogP contribution in [-0.4, -0.2) is 12.6 Å². The number of rotatable bonds is 9. The molecule has 0 aliphatic carbocycles. The first-order valence-corrected chi connectivity index (χ1v) is 7.55. The fourth-order valence-electron chi connectivity index (χ4n) is 2.37. The van der Waals surface area contributed by atoms with Gasteiger partial charge in [-0.05, 0) is 43.9 Å². The Bertz CT molecular complexity index is 319. The highest BCUT2D eigenvalue weighted by molar-refractivity contribution is 5.26. The predicted molar refractivity (Wildman–Crippen MR) is 81.1 cm³/mol.